The summed E-state index contributed by atoms with van der Waals surface area (Å²) < 4.78 is 108. The van der Waals surface area contributed by atoms with Crippen LogP contribution in [0.2, 0.25) is 0 Å². The Kier molecular flexibility index (Phi) is 19.6. The van der Waals surface area contributed by atoms with Crippen molar-refractivity contribution >= 4 is 56.0 Å². The van der Waals surface area contributed by atoms with Crippen LogP contribution in [0.25, 0.3) is 22.3 Å². The number of hydrogen-bond donors (Lipinski definition) is 3. The Morgan fingerprint density at radius 2 is 1.16 bits per heavy atom. The molecule has 13 rings (SSSR count). The number of rotatable bonds is 26. The summed E-state index contributed by atoms with van der Waals surface area (Å²) in [7, 11) is 1.39. The van der Waals surface area contributed by atoms with Crippen molar-refractivity contribution in [3.8, 4) is 23.0 Å². The number of aromatic nitrogens is 9. The minimum Gasteiger partial charge on any atom is -0.497 e. The molecule has 2 aliphatic heterocycles. The number of nitrogens with one attached hydrogen (secondary N) is 3. The number of alkyl halides is 1. The van der Waals surface area contributed by atoms with E-state index in [4.69, 9.17) is 42.1 Å². The predicted molar refractivity (Wildman–Crippen MR) is 365 cm³/mol. The zero-order chi connectivity index (χ0) is 69.7. The highest BCUT2D eigenvalue weighted by Crippen LogP contribution is 2.48. The Bertz CT molecular complexity index is 4750. The summed E-state index contributed by atoms with van der Waals surface area (Å²) in [5, 5.41) is 14.1. The number of amides is 2. The fourth-order valence-corrected chi connectivity index (χ4v) is 13.9. The second-order valence-electron chi connectivity index (χ2n) is 24.1. The lowest BCUT2D eigenvalue weighted by Crippen LogP contribution is -2.41. The number of methoxy groups -OCH3 is 4. The lowest BCUT2D eigenvalue weighted by Gasteiger charge is -2.39. The van der Waals surface area contributed by atoms with E-state index in [9.17, 15) is 14.4 Å². The second-order valence-corrected chi connectivity index (χ2v) is 25.8. The molecule has 0 radical (unpaired) electrons. The highest BCUT2D eigenvalue weighted by Gasteiger charge is 2.53. The van der Waals surface area contributed by atoms with Crippen LogP contribution >= 0.6 is 0 Å². The molecule has 2 saturated heterocycles. The van der Waals surface area contributed by atoms with Gasteiger partial charge in [-0.1, -0.05) is 146 Å². The van der Waals surface area contributed by atoms with Crippen LogP contribution in [-0.4, -0.2) is 136 Å². The van der Waals surface area contributed by atoms with Gasteiger partial charge in [0.2, 0.25) is 11.9 Å². The van der Waals surface area contributed by atoms with E-state index in [2.05, 4.69) is 45.9 Å². The Labute approximate surface area is 573 Å². The molecule has 3 N–H and O–H groups in total. The van der Waals surface area contributed by atoms with Crippen LogP contribution in [0, 0.1) is 5.92 Å². The smallest absolute Gasteiger partial charge is 0.282 e. The molecular formula is C73H70FN11O14S. The molecule has 0 aliphatic carbocycles. The van der Waals surface area contributed by atoms with E-state index in [1.165, 1.54) is 21.9 Å². The molecule has 0 spiro atoms. The molecule has 0 saturated carbocycles. The van der Waals surface area contributed by atoms with Crippen molar-refractivity contribution in [2.75, 3.05) is 51.4 Å². The third-order valence-electron chi connectivity index (χ3n) is 17.7. The maximum Gasteiger partial charge on any atom is 0.282 e. The summed E-state index contributed by atoms with van der Waals surface area (Å²) in [4.78, 5) is 60.7. The maximum atomic E-state index is 18.3. The molecule has 2 aliphatic rings. The average molecular weight is 1380 g/mol. The Morgan fingerprint density at radius 1 is 0.640 bits per heavy atom. The number of anilines is 2. The first-order valence-corrected chi connectivity index (χ1v) is 33.7. The molecule has 27 heteroatoms. The Morgan fingerprint density at radius 3 is 1.70 bits per heavy atom. The SMILES string of the molecule is COc1ccc(C(OC[C@H]2O[C@@H](n3cnc4c(NC(=O)c5ccccc5)ncnc43)[C@H](F)[C@@H]2OS(=O)(=O)CC[C@@H]2C[C@@H](OC(c3ccccc3)(c3ccc(OC)cc3)c3ccc(OC)cc3)[C@H](n3nnc4c(=O)[nH]c(NC(=O)C(C)C)nc43)O2)(c2ccccc2)c2ccc(OC)cc2)cc1. The molecule has 7 aromatic carbocycles. The van der Waals surface area contributed by atoms with E-state index in [0.717, 1.165) is 0 Å². The number of imidazole rings is 1. The van der Waals surface area contributed by atoms with Crippen LogP contribution < -0.4 is 35.1 Å². The normalized spacial score (nSPS) is 18.7. The predicted octanol–water partition coefficient (Wildman–Crippen LogP) is 10.2. The van der Waals surface area contributed by atoms with Gasteiger partial charge in [-0.05, 0) is 100 Å². The van der Waals surface area contributed by atoms with Gasteiger partial charge in [0.25, 0.3) is 21.6 Å². The summed E-state index contributed by atoms with van der Waals surface area (Å²) in [6.45, 7) is 2.87. The van der Waals surface area contributed by atoms with Gasteiger partial charge < -0.3 is 43.2 Å². The fourth-order valence-electron chi connectivity index (χ4n) is 12.7. The van der Waals surface area contributed by atoms with E-state index in [0.29, 0.717) is 61.9 Å². The van der Waals surface area contributed by atoms with Gasteiger partial charge in [0.1, 0.15) is 58.8 Å². The monoisotopic (exact) mass is 1380 g/mol. The molecule has 2 fully saturated rings. The molecule has 2 amide bonds. The second kappa shape index (κ2) is 28.9. The number of H-pyrrole nitrogens is 1. The number of fused-ring (bicyclic) bond motifs is 2. The molecule has 4 aromatic heterocycles. The first-order valence-electron chi connectivity index (χ1n) is 32.1. The van der Waals surface area contributed by atoms with Crippen LogP contribution in [0.15, 0.2) is 206 Å². The van der Waals surface area contributed by atoms with Crippen LogP contribution in [0.5, 0.6) is 23.0 Å². The minimum absolute atomic E-state index is 0.0194. The van der Waals surface area contributed by atoms with E-state index >= 15 is 12.8 Å². The number of carbonyl (C=O) groups excluding carboxylic acids is 2. The van der Waals surface area contributed by atoms with Gasteiger partial charge in [0, 0.05) is 17.9 Å². The summed E-state index contributed by atoms with van der Waals surface area (Å²) in [6.07, 6.45) is -8.58. The molecule has 25 nitrogen and oxygen atoms in total. The molecule has 0 unspecified atom stereocenters. The first-order chi connectivity index (χ1) is 48.5. The van der Waals surface area contributed by atoms with Crippen LogP contribution in [0.1, 0.15) is 82.9 Å². The summed E-state index contributed by atoms with van der Waals surface area (Å²) >= 11 is 0. The number of benzene rings is 7. The molecule has 0 bridgehead atoms. The Hall–Kier alpha value is -10.8. The van der Waals surface area contributed by atoms with E-state index in [-0.39, 0.29) is 46.9 Å². The van der Waals surface area contributed by atoms with Crippen molar-refractivity contribution in [1.82, 2.24) is 44.5 Å². The number of nitrogens with zero attached hydrogens (tertiary/aromatic N) is 8. The topological polar surface area (TPSA) is 295 Å². The largest absolute Gasteiger partial charge is 0.497 e. The average Bonchev–Trinajstić information content (AvgIpc) is 0.948. The van der Waals surface area contributed by atoms with Gasteiger partial charge >= 0.3 is 0 Å². The highest BCUT2D eigenvalue weighted by molar-refractivity contribution is 7.86. The summed E-state index contributed by atoms with van der Waals surface area (Å²) in [6, 6.07) is 56.4. The number of hydrogen-bond acceptors (Lipinski definition) is 20. The highest BCUT2D eigenvalue weighted by atomic mass is 32.2. The quantitative estimate of drug-likeness (QED) is 0.0335. The third-order valence-corrected chi connectivity index (χ3v) is 19.0. The standard InChI is InChI=1S/C73H70FN11O14S/c1-44(2)66(86)80-71-79-65-61(68(88)81-71)82-83-85(65)69-57(98-73(47-20-14-9-15-21-47,50-26-34-54(93-5)35-27-50)51-28-36-55(94-6)37-29-51)40-56(96-69)38-39-100(89,90)99-62-58(97-70(59(62)74)84-43-77-60-63(75-42-76-64(60)84)78-67(87)45-16-10-7-11-17-45)41-95-72(46-18-12-8-13-19-46,48-22-30-52(91-3)31-23-48)49-24-32-53(92-4)33-25-49/h7-37,42-44,56-59,62,69-70H,38-41H2,1-6H3,(H,75,76,78,87)(H2,79,80,81,86,88)/t56-,57-,58-,59-,62-,69-,70-/m1/s1. The number of halogens is 1. The van der Waals surface area contributed by atoms with Crippen molar-refractivity contribution in [2.45, 2.75) is 80.9 Å². The van der Waals surface area contributed by atoms with Gasteiger partial charge in [-0.2, -0.15) is 18.1 Å². The first kappa shape index (κ1) is 67.7. The van der Waals surface area contributed by atoms with E-state index in [1.54, 1.807) is 121 Å². The van der Waals surface area contributed by atoms with Gasteiger partial charge in [-0.3, -0.25) is 33.4 Å². The fraction of sp³-hybridized carbons (Fsp3) is 0.274. The van der Waals surface area contributed by atoms with Crippen LogP contribution in [0.4, 0.5) is 16.2 Å². The molecule has 6 heterocycles. The van der Waals surface area contributed by atoms with Crippen LogP contribution in [-0.2, 0) is 49.2 Å². The van der Waals surface area contributed by atoms with E-state index < -0.39 is 100 Å². The number of ether oxygens (including phenoxy) is 8. The summed E-state index contributed by atoms with van der Waals surface area (Å²) in [5.74, 6) is -0.0596. The molecule has 100 heavy (non-hydrogen) atoms. The lowest BCUT2D eigenvalue weighted by atomic mass is 9.79. The zero-order valence-corrected chi connectivity index (χ0v) is 55.9. The summed E-state index contributed by atoms with van der Waals surface area (Å²) in [5.41, 5.74) is 0.357. The van der Waals surface area contributed by atoms with Gasteiger partial charge in [0.05, 0.1) is 53.2 Å². The zero-order valence-electron chi connectivity index (χ0n) is 55.1. The minimum atomic E-state index is -4.83. The maximum absolute atomic E-state index is 18.3. The molecule has 514 valence electrons. The van der Waals surface area contributed by atoms with Crippen molar-refractivity contribution in [3.05, 3.63) is 250 Å². The van der Waals surface area contributed by atoms with E-state index in [1.807, 2.05) is 109 Å². The van der Waals surface area contributed by atoms with Gasteiger partial charge in [-0.15, -0.1) is 5.10 Å². The lowest BCUT2D eigenvalue weighted by molar-refractivity contribution is -0.119. The molecule has 7 atom stereocenters. The van der Waals surface area contributed by atoms with Crippen molar-refractivity contribution in [3.63, 3.8) is 0 Å². The molecular weight excluding hydrogens is 1310 g/mol. The van der Waals surface area contributed by atoms with Crippen LogP contribution in [0.3, 0.4) is 0 Å². The molecule has 11 aromatic rings. The Balaban J connectivity index is 0.868. The third kappa shape index (κ3) is 13.5. The number of aromatic amines is 1. The van der Waals surface area contributed by atoms with Crippen molar-refractivity contribution in [2.24, 2.45) is 5.92 Å². The number of carbonyl (C=O) groups is 2. The van der Waals surface area contributed by atoms with Crippen molar-refractivity contribution in [1.29, 1.82) is 0 Å². The van der Waals surface area contributed by atoms with Gasteiger partial charge in [0.15, 0.2) is 46.8 Å². The van der Waals surface area contributed by atoms with Crippen molar-refractivity contribution < 1.29 is 64.5 Å². The van der Waals surface area contributed by atoms with Gasteiger partial charge in [-0.25, -0.2) is 19.3 Å².